The molecule has 0 saturated carbocycles. The summed E-state index contributed by atoms with van der Waals surface area (Å²) in [5.74, 6) is -2.83. The minimum Gasteiger partial charge on any atom is -0.480 e. The van der Waals surface area contributed by atoms with Crippen LogP contribution in [0.2, 0.25) is 0 Å². The number of amides is 4. The van der Waals surface area contributed by atoms with Crippen molar-refractivity contribution in [1.29, 1.82) is 0 Å². The van der Waals surface area contributed by atoms with E-state index in [4.69, 9.17) is 16.6 Å². The second-order valence-electron chi connectivity index (χ2n) is 3.18. The highest BCUT2D eigenvalue weighted by molar-refractivity contribution is 5.87. The summed E-state index contributed by atoms with van der Waals surface area (Å²) in [7, 11) is 0. The summed E-state index contributed by atoms with van der Waals surface area (Å²) in [5.41, 5.74) is 9.64. The van der Waals surface area contributed by atoms with E-state index in [1.807, 2.05) is 5.32 Å². The first-order valence-corrected chi connectivity index (χ1v) is 4.66. The number of carbonyl (C=O) groups is 4. The molecule has 0 aromatic rings. The maximum atomic E-state index is 11.1. The first-order valence-electron chi connectivity index (χ1n) is 4.66. The predicted molar refractivity (Wildman–Crippen MR) is 55.6 cm³/mol. The molecule has 7 N–H and O–H groups in total. The van der Waals surface area contributed by atoms with Crippen LogP contribution in [0.5, 0.6) is 0 Å². The van der Waals surface area contributed by atoms with Gasteiger partial charge in [-0.1, -0.05) is 0 Å². The summed E-state index contributed by atoms with van der Waals surface area (Å²) in [6.07, 6.45) is -0.584. The Morgan fingerprint density at radius 1 is 1.12 bits per heavy atom. The fraction of sp³-hybridized carbons (Fsp3) is 0.500. The molecule has 96 valence electrons. The van der Waals surface area contributed by atoms with Crippen LogP contribution in [-0.4, -0.2) is 41.5 Å². The van der Waals surface area contributed by atoms with E-state index < -0.39 is 36.3 Å². The van der Waals surface area contributed by atoms with E-state index in [1.54, 1.807) is 0 Å². The van der Waals surface area contributed by atoms with Crippen molar-refractivity contribution in [3.8, 4) is 0 Å². The number of hydrogen-bond acceptors (Lipinski definition) is 4. The van der Waals surface area contributed by atoms with Gasteiger partial charge in [0.1, 0.15) is 6.04 Å². The topological polar surface area (TPSA) is 165 Å². The summed E-state index contributed by atoms with van der Waals surface area (Å²) in [6.45, 7) is -0.0237. The van der Waals surface area contributed by atoms with Gasteiger partial charge in [0.25, 0.3) is 0 Å². The molecule has 0 heterocycles. The molecular formula is C8H14N4O5. The summed E-state index contributed by atoms with van der Waals surface area (Å²) in [5, 5.41) is 12.9. The molecule has 0 rings (SSSR count). The van der Waals surface area contributed by atoms with Crippen LogP contribution in [0.1, 0.15) is 12.8 Å². The minimum atomic E-state index is -1.40. The maximum Gasteiger partial charge on any atom is 0.326 e. The van der Waals surface area contributed by atoms with Gasteiger partial charge < -0.3 is 27.2 Å². The van der Waals surface area contributed by atoms with Gasteiger partial charge in [-0.05, 0) is 0 Å². The molecule has 0 aliphatic heterocycles. The van der Waals surface area contributed by atoms with E-state index >= 15 is 0 Å². The van der Waals surface area contributed by atoms with Crippen LogP contribution in [0.3, 0.4) is 0 Å². The van der Waals surface area contributed by atoms with Gasteiger partial charge in [0, 0.05) is 13.0 Å². The lowest BCUT2D eigenvalue weighted by atomic mass is 10.2. The molecule has 0 aliphatic rings. The minimum absolute atomic E-state index is 0.0237. The van der Waals surface area contributed by atoms with Gasteiger partial charge in [-0.2, -0.15) is 0 Å². The van der Waals surface area contributed by atoms with Crippen molar-refractivity contribution in [3.63, 3.8) is 0 Å². The molecule has 0 fully saturated rings. The SMILES string of the molecule is NC(=O)CCNC(=O)N[C@H](CC(N)=O)C(=O)O. The molecule has 4 amide bonds. The molecular weight excluding hydrogens is 232 g/mol. The normalized spacial score (nSPS) is 11.3. The maximum absolute atomic E-state index is 11.1. The van der Waals surface area contributed by atoms with Crippen LogP contribution < -0.4 is 22.1 Å². The zero-order valence-electron chi connectivity index (χ0n) is 8.93. The summed E-state index contributed by atoms with van der Waals surface area (Å²) >= 11 is 0. The van der Waals surface area contributed by atoms with Crippen LogP contribution in [-0.2, 0) is 14.4 Å². The molecule has 0 aromatic heterocycles. The lowest BCUT2D eigenvalue weighted by Gasteiger charge is -2.13. The van der Waals surface area contributed by atoms with Gasteiger partial charge >= 0.3 is 12.0 Å². The molecule has 0 aliphatic carbocycles. The highest BCUT2D eigenvalue weighted by Crippen LogP contribution is 1.91. The van der Waals surface area contributed by atoms with E-state index in [1.165, 1.54) is 0 Å². The van der Waals surface area contributed by atoms with E-state index in [2.05, 4.69) is 5.32 Å². The standard InChI is InChI=1S/C8H14N4O5/c9-5(13)1-2-11-8(17)12-4(7(15)16)3-6(10)14/h4H,1-3H2,(H2,9,13)(H2,10,14)(H,15,16)(H2,11,12,17)/t4-/m1/s1. The molecule has 9 heteroatoms. The van der Waals surface area contributed by atoms with E-state index in [0.717, 1.165) is 0 Å². The van der Waals surface area contributed by atoms with Crippen LogP contribution >= 0.6 is 0 Å². The Bertz CT molecular complexity index is 330. The van der Waals surface area contributed by atoms with Crippen LogP contribution in [0.25, 0.3) is 0 Å². The zero-order valence-corrected chi connectivity index (χ0v) is 8.93. The Balaban J connectivity index is 4.08. The number of hydrogen-bond donors (Lipinski definition) is 5. The fourth-order valence-corrected chi connectivity index (χ4v) is 0.910. The van der Waals surface area contributed by atoms with Gasteiger partial charge in [0.05, 0.1) is 6.42 Å². The van der Waals surface area contributed by atoms with E-state index in [-0.39, 0.29) is 13.0 Å². The summed E-state index contributed by atoms with van der Waals surface area (Å²) in [6, 6.07) is -2.22. The molecule has 0 spiro atoms. The van der Waals surface area contributed by atoms with Crippen LogP contribution in [0, 0.1) is 0 Å². The van der Waals surface area contributed by atoms with Crippen molar-refractivity contribution >= 4 is 23.8 Å². The Hall–Kier alpha value is -2.32. The van der Waals surface area contributed by atoms with E-state index in [9.17, 15) is 19.2 Å². The van der Waals surface area contributed by atoms with Crippen LogP contribution in [0.15, 0.2) is 0 Å². The third-order valence-corrected chi connectivity index (χ3v) is 1.67. The number of urea groups is 1. The molecule has 17 heavy (non-hydrogen) atoms. The van der Waals surface area contributed by atoms with Gasteiger partial charge in [-0.25, -0.2) is 9.59 Å². The molecule has 0 saturated heterocycles. The van der Waals surface area contributed by atoms with Crippen molar-refractivity contribution in [2.75, 3.05) is 6.54 Å². The van der Waals surface area contributed by atoms with Crippen molar-refractivity contribution < 1.29 is 24.3 Å². The third kappa shape index (κ3) is 7.59. The first-order chi connectivity index (χ1) is 7.82. The highest BCUT2D eigenvalue weighted by Gasteiger charge is 2.21. The van der Waals surface area contributed by atoms with Gasteiger partial charge in [0.15, 0.2) is 0 Å². The number of nitrogens with two attached hydrogens (primary N) is 2. The molecule has 0 aromatic carbocycles. The monoisotopic (exact) mass is 246 g/mol. The Kier molecular flexibility index (Phi) is 6.08. The molecule has 9 nitrogen and oxygen atoms in total. The van der Waals surface area contributed by atoms with Crippen molar-refractivity contribution in [3.05, 3.63) is 0 Å². The van der Waals surface area contributed by atoms with Gasteiger partial charge in [0.2, 0.25) is 11.8 Å². The van der Waals surface area contributed by atoms with Gasteiger partial charge in [-0.3, -0.25) is 9.59 Å². The Labute approximate surface area is 96.5 Å². The molecule has 1 atom stereocenters. The van der Waals surface area contributed by atoms with Crippen molar-refractivity contribution in [2.45, 2.75) is 18.9 Å². The second kappa shape index (κ2) is 7.04. The Morgan fingerprint density at radius 2 is 1.71 bits per heavy atom. The number of carbonyl (C=O) groups excluding carboxylic acids is 3. The summed E-state index contributed by atoms with van der Waals surface area (Å²) in [4.78, 5) is 42.6. The smallest absolute Gasteiger partial charge is 0.326 e. The lowest BCUT2D eigenvalue weighted by molar-refractivity contribution is -0.140. The molecule has 0 radical (unpaired) electrons. The van der Waals surface area contributed by atoms with Gasteiger partial charge in [-0.15, -0.1) is 0 Å². The average molecular weight is 246 g/mol. The number of nitrogens with one attached hydrogen (secondary N) is 2. The zero-order chi connectivity index (χ0) is 13.4. The van der Waals surface area contributed by atoms with Crippen molar-refractivity contribution in [1.82, 2.24) is 10.6 Å². The molecule has 0 unspecified atom stereocenters. The quantitative estimate of drug-likeness (QED) is 0.334. The van der Waals surface area contributed by atoms with Crippen LogP contribution in [0.4, 0.5) is 4.79 Å². The fourth-order valence-electron chi connectivity index (χ4n) is 0.910. The number of rotatable bonds is 7. The van der Waals surface area contributed by atoms with Crippen molar-refractivity contribution in [2.24, 2.45) is 11.5 Å². The average Bonchev–Trinajstić information content (AvgIpc) is 2.15. The number of primary amides is 2. The Morgan fingerprint density at radius 3 is 2.12 bits per heavy atom. The van der Waals surface area contributed by atoms with E-state index in [0.29, 0.717) is 0 Å². The predicted octanol–water partition coefficient (Wildman–Crippen LogP) is -2.51. The highest BCUT2D eigenvalue weighted by atomic mass is 16.4. The number of aliphatic carboxylic acids is 1. The molecule has 0 bridgehead atoms. The number of carboxylic acids is 1. The lowest BCUT2D eigenvalue weighted by Crippen LogP contribution is -2.48. The largest absolute Gasteiger partial charge is 0.480 e. The second-order valence-corrected chi connectivity index (χ2v) is 3.18. The summed E-state index contributed by atoms with van der Waals surface area (Å²) < 4.78 is 0. The number of carboxylic acid groups (broad SMARTS) is 1. The first kappa shape index (κ1) is 14.7. The third-order valence-electron chi connectivity index (χ3n) is 1.67.